The van der Waals surface area contributed by atoms with E-state index >= 15 is 0 Å². The quantitative estimate of drug-likeness (QED) is 0.801. The van der Waals surface area contributed by atoms with Crippen LogP contribution in [0.25, 0.3) is 0 Å². The molecule has 0 aromatic heterocycles. The first kappa shape index (κ1) is 12.2. The monoisotopic (exact) mass is 288 g/mol. The summed E-state index contributed by atoms with van der Waals surface area (Å²) in [4.78, 5) is 12.6. The summed E-state index contributed by atoms with van der Waals surface area (Å²) in [5.41, 5.74) is 5.38. The molecule has 0 heterocycles. The second kappa shape index (κ2) is 4.10. The van der Waals surface area contributed by atoms with E-state index < -0.39 is 0 Å². The van der Waals surface area contributed by atoms with Crippen molar-refractivity contribution < 1.29 is 9.53 Å². The van der Waals surface area contributed by atoms with Crippen LogP contribution < -0.4 is 0 Å². The van der Waals surface area contributed by atoms with Crippen molar-refractivity contribution in [3.8, 4) is 0 Å². The topological polar surface area (TPSA) is 26.3 Å². The summed E-state index contributed by atoms with van der Waals surface area (Å²) in [5.74, 6) is 1.64. The summed E-state index contributed by atoms with van der Waals surface area (Å²) >= 11 is 0. The van der Waals surface area contributed by atoms with Gasteiger partial charge < -0.3 is 4.74 Å². The fourth-order valence-corrected chi connectivity index (χ4v) is 4.89. The van der Waals surface area contributed by atoms with E-state index in [1.807, 2.05) is 0 Å². The van der Waals surface area contributed by atoms with Gasteiger partial charge in [0, 0.05) is 29.7 Å². The molecule has 0 saturated carbocycles. The van der Waals surface area contributed by atoms with Gasteiger partial charge in [0.25, 0.3) is 0 Å². The largest absolute Gasteiger partial charge is 0.501 e. The van der Waals surface area contributed by atoms with Crippen LogP contribution in [-0.2, 0) is 9.53 Å². The number of methoxy groups -OCH3 is 1. The Morgan fingerprint density at radius 1 is 0.773 bits per heavy atom. The number of hydrogen-bond donors (Lipinski definition) is 0. The Hall–Kier alpha value is -2.35. The molecular formula is C20H16O2. The third-order valence-corrected chi connectivity index (χ3v) is 5.61. The third kappa shape index (κ3) is 1.29. The van der Waals surface area contributed by atoms with Crippen LogP contribution >= 0.6 is 0 Å². The summed E-state index contributed by atoms with van der Waals surface area (Å²) in [6.07, 6.45) is 1.73. The molecule has 0 saturated heterocycles. The van der Waals surface area contributed by atoms with E-state index in [9.17, 15) is 4.79 Å². The molecule has 4 aliphatic carbocycles. The van der Waals surface area contributed by atoms with Gasteiger partial charge in [0.05, 0.1) is 7.11 Å². The lowest BCUT2D eigenvalue weighted by Gasteiger charge is -2.48. The smallest absolute Gasteiger partial charge is 0.163 e. The van der Waals surface area contributed by atoms with Crippen molar-refractivity contribution in [1.82, 2.24) is 0 Å². The summed E-state index contributed by atoms with van der Waals surface area (Å²) in [6, 6.07) is 17.2. The fraction of sp³-hybridized carbons (Fsp3) is 0.250. The van der Waals surface area contributed by atoms with Crippen LogP contribution in [0.5, 0.6) is 0 Å². The molecule has 6 rings (SSSR count). The van der Waals surface area contributed by atoms with Gasteiger partial charge in [-0.25, -0.2) is 0 Å². The van der Waals surface area contributed by atoms with E-state index in [1.54, 1.807) is 13.2 Å². The third-order valence-electron chi connectivity index (χ3n) is 5.61. The molecule has 0 aliphatic heterocycles. The van der Waals surface area contributed by atoms with Crippen molar-refractivity contribution in [3.63, 3.8) is 0 Å². The molecule has 2 atom stereocenters. The van der Waals surface area contributed by atoms with E-state index in [4.69, 9.17) is 4.74 Å². The number of carbonyl (C=O) groups is 1. The predicted octanol–water partition coefficient (Wildman–Crippen LogP) is 3.62. The Morgan fingerprint density at radius 2 is 1.23 bits per heavy atom. The lowest BCUT2D eigenvalue weighted by atomic mass is 9.54. The highest BCUT2D eigenvalue weighted by molar-refractivity contribution is 5.98. The second-order valence-electron chi connectivity index (χ2n) is 6.42. The molecule has 2 unspecified atom stereocenters. The average molecular weight is 288 g/mol. The second-order valence-corrected chi connectivity index (χ2v) is 6.42. The Morgan fingerprint density at radius 3 is 1.68 bits per heavy atom. The van der Waals surface area contributed by atoms with Gasteiger partial charge in [-0.2, -0.15) is 0 Å². The van der Waals surface area contributed by atoms with Crippen molar-refractivity contribution in [2.24, 2.45) is 11.8 Å². The van der Waals surface area contributed by atoms with Crippen molar-refractivity contribution in [3.05, 3.63) is 82.6 Å². The Bertz CT molecular complexity index is 786. The minimum absolute atomic E-state index is 0.00440. The molecule has 2 bridgehead atoms. The van der Waals surface area contributed by atoms with E-state index in [2.05, 4.69) is 48.5 Å². The first-order valence-corrected chi connectivity index (χ1v) is 7.78. The van der Waals surface area contributed by atoms with Gasteiger partial charge in [-0.3, -0.25) is 4.79 Å². The predicted molar refractivity (Wildman–Crippen MR) is 83.6 cm³/mol. The molecule has 2 heteroatoms. The normalized spacial score (nSPS) is 30.4. The van der Waals surface area contributed by atoms with Gasteiger partial charge in [-0.15, -0.1) is 0 Å². The van der Waals surface area contributed by atoms with Gasteiger partial charge in [0.2, 0.25) is 0 Å². The maximum atomic E-state index is 12.6. The van der Waals surface area contributed by atoms with Crippen LogP contribution in [0, 0.1) is 11.8 Å². The fourth-order valence-electron chi connectivity index (χ4n) is 4.89. The molecule has 2 aromatic rings. The van der Waals surface area contributed by atoms with E-state index in [0.717, 1.165) is 5.76 Å². The van der Waals surface area contributed by atoms with Crippen LogP contribution in [0.1, 0.15) is 34.1 Å². The van der Waals surface area contributed by atoms with Gasteiger partial charge >= 0.3 is 0 Å². The number of carbonyl (C=O) groups excluding carboxylic acids is 1. The molecule has 0 N–H and O–H groups in total. The van der Waals surface area contributed by atoms with Crippen LogP contribution in [0.3, 0.4) is 0 Å². The molecule has 0 fully saturated rings. The molecule has 2 nitrogen and oxygen atoms in total. The summed E-state index contributed by atoms with van der Waals surface area (Å²) in [7, 11) is 1.68. The molecule has 108 valence electrons. The number of ether oxygens (including phenoxy) is 1. The highest BCUT2D eigenvalue weighted by Gasteiger charge is 2.56. The summed E-state index contributed by atoms with van der Waals surface area (Å²) < 4.78 is 5.57. The molecular weight excluding hydrogens is 272 g/mol. The van der Waals surface area contributed by atoms with E-state index in [0.29, 0.717) is 0 Å². The maximum absolute atomic E-state index is 12.6. The van der Waals surface area contributed by atoms with Crippen LogP contribution in [0.15, 0.2) is 60.4 Å². The number of allylic oxidation sites excluding steroid dienone is 2. The number of rotatable bonds is 1. The number of hydrogen-bond acceptors (Lipinski definition) is 2. The van der Waals surface area contributed by atoms with Crippen molar-refractivity contribution in [1.29, 1.82) is 0 Å². The number of ketones is 1. The molecule has 0 radical (unpaired) electrons. The average Bonchev–Trinajstić information content (AvgIpc) is 2.92. The molecule has 0 amide bonds. The molecule has 0 spiro atoms. The minimum atomic E-state index is 0.00440. The zero-order valence-electron chi connectivity index (χ0n) is 12.3. The lowest BCUT2D eigenvalue weighted by Crippen LogP contribution is -2.41. The van der Waals surface area contributed by atoms with Gasteiger partial charge in [-0.05, 0) is 22.3 Å². The van der Waals surface area contributed by atoms with Crippen molar-refractivity contribution >= 4 is 5.78 Å². The first-order chi connectivity index (χ1) is 10.8. The zero-order chi connectivity index (χ0) is 14.8. The van der Waals surface area contributed by atoms with Gasteiger partial charge in [-0.1, -0.05) is 48.5 Å². The Balaban J connectivity index is 1.84. The van der Waals surface area contributed by atoms with E-state index in [1.165, 1.54) is 22.3 Å². The van der Waals surface area contributed by atoms with E-state index in [-0.39, 0.29) is 29.5 Å². The summed E-state index contributed by atoms with van der Waals surface area (Å²) in [5, 5.41) is 0. The lowest BCUT2D eigenvalue weighted by molar-refractivity contribution is -0.119. The highest BCUT2D eigenvalue weighted by Crippen LogP contribution is 2.62. The maximum Gasteiger partial charge on any atom is 0.163 e. The van der Waals surface area contributed by atoms with Crippen LogP contribution in [0.4, 0.5) is 0 Å². The van der Waals surface area contributed by atoms with Crippen LogP contribution in [0.2, 0.25) is 0 Å². The SMILES string of the molecule is COC1=CC(=O)C2C3c4ccccc4C(c4ccccc43)C12. The minimum Gasteiger partial charge on any atom is -0.501 e. The summed E-state index contributed by atoms with van der Waals surface area (Å²) in [6.45, 7) is 0. The zero-order valence-corrected chi connectivity index (χ0v) is 12.3. The first-order valence-electron chi connectivity index (χ1n) is 7.78. The Labute approximate surface area is 129 Å². The Kier molecular flexibility index (Phi) is 2.28. The van der Waals surface area contributed by atoms with Gasteiger partial charge in [0.1, 0.15) is 5.76 Å². The standard InChI is InChI=1S/C20H16O2/c1-22-16-10-15(21)19-17-11-6-2-4-8-13(11)18(20(16)19)14-9-5-3-7-12(14)17/h2-10,17-20H,1H3. The van der Waals surface area contributed by atoms with Crippen molar-refractivity contribution in [2.45, 2.75) is 11.8 Å². The molecule has 2 aromatic carbocycles. The van der Waals surface area contributed by atoms with Crippen LogP contribution in [-0.4, -0.2) is 12.9 Å². The molecule has 22 heavy (non-hydrogen) atoms. The van der Waals surface area contributed by atoms with Gasteiger partial charge in [0.15, 0.2) is 5.78 Å². The van der Waals surface area contributed by atoms with Crippen molar-refractivity contribution in [2.75, 3.05) is 7.11 Å². The highest BCUT2D eigenvalue weighted by atomic mass is 16.5. The number of benzene rings is 2. The molecule has 4 aliphatic rings.